The van der Waals surface area contributed by atoms with Crippen LogP contribution in [0.3, 0.4) is 0 Å². The maximum absolute atomic E-state index is 12.5. The summed E-state index contributed by atoms with van der Waals surface area (Å²) < 4.78 is 0.922. The van der Waals surface area contributed by atoms with Crippen molar-refractivity contribution < 1.29 is 19.2 Å². The number of hydroxylamine groups is 2. The summed E-state index contributed by atoms with van der Waals surface area (Å²) in [5.74, 6) is -1.99. The highest BCUT2D eigenvalue weighted by Crippen LogP contribution is 2.33. The van der Waals surface area contributed by atoms with Crippen molar-refractivity contribution in [1.82, 2.24) is 5.06 Å². The first kappa shape index (κ1) is 16.3. The summed E-state index contributed by atoms with van der Waals surface area (Å²) in [7, 11) is 3.84. The van der Waals surface area contributed by atoms with Gasteiger partial charge in [0.1, 0.15) is 4.88 Å². The van der Waals surface area contributed by atoms with Gasteiger partial charge in [0.15, 0.2) is 0 Å². The molecule has 1 aromatic heterocycles. The molecule has 6 nitrogen and oxygen atoms in total. The van der Waals surface area contributed by atoms with E-state index in [1.165, 1.54) is 23.5 Å². The molecule has 0 aliphatic carbocycles. The number of thiophene rings is 1. The zero-order chi connectivity index (χ0) is 18.4. The predicted octanol–water partition coefficient (Wildman–Crippen LogP) is 3.34. The Morgan fingerprint density at radius 3 is 2.27 bits per heavy atom. The third-order valence-electron chi connectivity index (χ3n) is 4.15. The second kappa shape index (κ2) is 5.96. The third-order valence-corrected chi connectivity index (χ3v) is 5.23. The van der Waals surface area contributed by atoms with E-state index in [-0.39, 0.29) is 11.1 Å². The number of hydrogen-bond donors (Lipinski definition) is 0. The lowest BCUT2D eigenvalue weighted by molar-refractivity contribution is -0.0581. The summed E-state index contributed by atoms with van der Waals surface area (Å²) in [6.45, 7) is 0. The Labute approximate surface area is 153 Å². The standard InChI is InChI=1S/C19H14N2O4S/c1-20(2)14-8-5-9-15-13(14)10-16(26-15)19(24)25-21-17(22)11-6-3-4-7-12(11)18(21)23/h3-10H,1-2H3. The first-order valence-corrected chi connectivity index (χ1v) is 8.69. The minimum absolute atomic E-state index is 0.233. The van der Waals surface area contributed by atoms with E-state index in [2.05, 4.69) is 0 Å². The average molecular weight is 366 g/mol. The van der Waals surface area contributed by atoms with E-state index in [4.69, 9.17) is 4.84 Å². The number of carbonyl (C=O) groups is 3. The van der Waals surface area contributed by atoms with Gasteiger partial charge in [-0.15, -0.1) is 11.3 Å². The van der Waals surface area contributed by atoms with Crippen molar-refractivity contribution in [3.63, 3.8) is 0 Å². The van der Waals surface area contributed by atoms with Crippen LogP contribution < -0.4 is 4.90 Å². The van der Waals surface area contributed by atoms with Crippen LogP contribution in [-0.2, 0) is 4.84 Å². The molecule has 3 aromatic rings. The SMILES string of the molecule is CN(C)c1cccc2sc(C(=O)ON3C(=O)c4ccccc4C3=O)cc12. The summed E-state index contributed by atoms with van der Waals surface area (Å²) in [5, 5.41) is 1.45. The zero-order valence-corrected chi connectivity index (χ0v) is 14.9. The van der Waals surface area contributed by atoms with Crippen LogP contribution in [0.25, 0.3) is 10.1 Å². The molecule has 7 heteroatoms. The molecule has 0 radical (unpaired) electrons. The van der Waals surface area contributed by atoms with Crippen molar-refractivity contribution in [3.05, 3.63) is 64.5 Å². The molecule has 2 heterocycles. The van der Waals surface area contributed by atoms with Crippen molar-refractivity contribution in [1.29, 1.82) is 0 Å². The summed E-state index contributed by atoms with van der Waals surface area (Å²) in [6, 6.07) is 13.9. The normalized spacial score (nSPS) is 13.2. The van der Waals surface area contributed by atoms with Gasteiger partial charge < -0.3 is 9.74 Å². The highest BCUT2D eigenvalue weighted by atomic mass is 32.1. The van der Waals surface area contributed by atoms with Gasteiger partial charge in [0.2, 0.25) is 0 Å². The molecule has 26 heavy (non-hydrogen) atoms. The van der Waals surface area contributed by atoms with Crippen molar-refractivity contribution in [3.8, 4) is 0 Å². The molecule has 0 saturated carbocycles. The number of imide groups is 1. The van der Waals surface area contributed by atoms with E-state index in [1.54, 1.807) is 18.2 Å². The second-order valence-electron chi connectivity index (χ2n) is 6.02. The topological polar surface area (TPSA) is 66.9 Å². The monoisotopic (exact) mass is 366 g/mol. The Kier molecular flexibility index (Phi) is 3.73. The maximum atomic E-state index is 12.5. The third kappa shape index (κ3) is 2.44. The average Bonchev–Trinajstić information content (AvgIpc) is 3.17. The predicted molar refractivity (Wildman–Crippen MR) is 98.5 cm³/mol. The van der Waals surface area contributed by atoms with Crippen LogP contribution in [0.5, 0.6) is 0 Å². The molecule has 2 amide bonds. The van der Waals surface area contributed by atoms with Gasteiger partial charge in [-0.3, -0.25) is 9.59 Å². The van der Waals surface area contributed by atoms with Gasteiger partial charge in [-0.2, -0.15) is 0 Å². The molecule has 1 aliphatic heterocycles. The fraction of sp³-hybridized carbons (Fsp3) is 0.105. The van der Waals surface area contributed by atoms with E-state index < -0.39 is 17.8 Å². The number of fused-ring (bicyclic) bond motifs is 2. The molecule has 0 spiro atoms. The van der Waals surface area contributed by atoms with Gasteiger partial charge >= 0.3 is 5.97 Å². The molecule has 0 atom stereocenters. The summed E-state index contributed by atoms with van der Waals surface area (Å²) in [5.41, 5.74) is 1.44. The van der Waals surface area contributed by atoms with E-state index in [0.29, 0.717) is 9.94 Å². The molecule has 0 fully saturated rings. The lowest BCUT2D eigenvalue weighted by atomic mass is 10.1. The fourth-order valence-electron chi connectivity index (χ4n) is 2.91. The lowest BCUT2D eigenvalue weighted by Crippen LogP contribution is -2.32. The lowest BCUT2D eigenvalue weighted by Gasteiger charge is -2.13. The van der Waals surface area contributed by atoms with Gasteiger partial charge in [0, 0.05) is 29.9 Å². The zero-order valence-electron chi connectivity index (χ0n) is 14.1. The van der Waals surface area contributed by atoms with Crippen LogP contribution >= 0.6 is 11.3 Å². The largest absolute Gasteiger partial charge is 0.377 e. The maximum Gasteiger partial charge on any atom is 0.373 e. The first-order valence-electron chi connectivity index (χ1n) is 7.87. The second-order valence-corrected chi connectivity index (χ2v) is 7.11. The van der Waals surface area contributed by atoms with Crippen molar-refractivity contribution in [2.24, 2.45) is 0 Å². The Morgan fingerprint density at radius 2 is 1.65 bits per heavy atom. The molecular weight excluding hydrogens is 352 g/mol. The summed E-state index contributed by atoms with van der Waals surface area (Å²) in [4.78, 5) is 44.6. The Bertz CT molecular complexity index is 1040. The van der Waals surface area contributed by atoms with Crippen molar-refractivity contribution in [2.75, 3.05) is 19.0 Å². The first-order chi connectivity index (χ1) is 12.5. The van der Waals surface area contributed by atoms with E-state index >= 15 is 0 Å². The van der Waals surface area contributed by atoms with Crippen molar-refractivity contribution in [2.45, 2.75) is 0 Å². The number of anilines is 1. The number of hydrogen-bond acceptors (Lipinski definition) is 6. The van der Waals surface area contributed by atoms with Gasteiger partial charge in [0.05, 0.1) is 11.1 Å². The van der Waals surface area contributed by atoms with Crippen LogP contribution in [-0.4, -0.2) is 36.9 Å². The minimum Gasteiger partial charge on any atom is -0.377 e. The molecule has 0 unspecified atom stereocenters. The van der Waals surface area contributed by atoms with Gasteiger partial charge in [0.25, 0.3) is 11.8 Å². The van der Waals surface area contributed by atoms with Crippen LogP contribution in [0.15, 0.2) is 48.5 Å². The van der Waals surface area contributed by atoms with Crippen molar-refractivity contribution >= 4 is 44.9 Å². The molecular formula is C19H14N2O4S. The number of benzene rings is 2. The summed E-state index contributed by atoms with van der Waals surface area (Å²) in [6.07, 6.45) is 0. The molecule has 0 bridgehead atoms. The van der Waals surface area contributed by atoms with Crippen LogP contribution in [0.4, 0.5) is 5.69 Å². The minimum atomic E-state index is -0.731. The highest BCUT2D eigenvalue weighted by Gasteiger charge is 2.39. The molecule has 0 saturated heterocycles. The molecule has 0 N–H and O–H groups in total. The summed E-state index contributed by atoms with van der Waals surface area (Å²) >= 11 is 1.26. The molecule has 1 aliphatic rings. The van der Waals surface area contributed by atoms with Crippen LogP contribution in [0.1, 0.15) is 30.4 Å². The van der Waals surface area contributed by atoms with Crippen LogP contribution in [0, 0.1) is 0 Å². The fourth-order valence-corrected chi connectivity index (χ4v) is 3.87. The van der Waals surface area contributed by atoms with Gasteiger partial charge in [-0.25, -0.2) is 4.79 Å². The Morgan fingerprint density at radius 1 is 1.00 bits per heavy atom. The van der Waals surface area contributed by atoms with Gasteiger partial charge in [-0.05, 0) is 30.3 Å². The number of rotatable bonds is 3. The van der Waals surface area contributed by atoms with Gasteiger partial charge in [-0.1, -0.05) is 23.3 Å². The smallest absolute Gasteiger partial charge is 0.373 e. The number of amides is 2. The number of carbonyl (C=O) groups excluding carboxylic acids is 3. The van der Waals surface area contributed by atoms with E-state index in [0.717, 1.165) is 15.8 Å². The van der Waals surface area contributed by atoms with E-state index in [1.807, 2.05) is 37.2 Å². The Balaban J connectivity index is 1.64. The van der Waals surface area contributed by atoms with E-state index in [9.17, 15) is 14.4 Å². The molecule has 130 valence electrons. The number of nitrogens with zero attached hydrogens (tertiary/aromatic N) is 2. The van der Waals surface area contributed by atoms with Crippen LogP contribution in [0.2, 0.25) is 0 Å². The highest BCUT2D eigenvalue weighted by molar-refractivity contribution is 7.20. The molecule has 4 rings (SSSR count). The molecule has 2 aromatic carbocycles. The Hall–Kier alpha value is -3.19. The quantitative estimate of drug-likeness (QED) is 0.665.